The fourth-order valence-corrected chi connectivity index (χ4v) is 0.203. The fraction of sp³-hybridized carbons (Fsp3) is 0.778. The third-order valence-electron chi connectivity index (χ3n) is 0.845. The largest absolute Gasteiger partial charge is 0.466 e. The Morgan fingerprint density at radius 2 is 1.40 bits per heavy atom. The van der Waals surface area contributed by atoms with Crippen LogP contribution < -0.4 is 0 Å². The van der Waals surface area contributed by atoms with Gasteiger partial charge in [-0.05, 0) is 13.8 Å². The van der Waals surface area contributed by atoms with E-state index in [2.05, 4.69) is 4.74 Å². The van der Waals surface area contributed by atoms with Crippen LogP contribution in [0.15, 0.2) is 0 Å². The van der Waals surface area contributed by atoms with Gasteiger partial charge in [-0.15, -0.1) is 0 Å². The summed E-state index contributed by atoms with van der Waals surface area (Å²) in [5, 5.41) is 0. The number of ketones is 1. The van der Waals surface area contributed by atoms with E-state index in [1.165, 1.54) is 6.92 Å². The predicted octanol–water partition coefficient (Wildman–Crippen LogP) is 3.54. The molecule has 0 spiro atoms. The minimum atomic E-state index is -0.750. The highest BCUT2D eigenvalue weighted by atomic mass is 35.6. The zero-order valence-corrected chi connectivity index (χ0v) is 11.6. The van der Waals surface area contributed by atoms with E-state index in [9.17, 15) is 9.59 Å². The van der Waals surface area contributed by atoms with Crippen molar-refractivity contribution in [3.63, 3.8) is 0 Å². The van der Waals surface area contributed by atoms with E-state index in [-0.39, 0.29) is 11.8 Å². The summed E-state index contributed by atoms with van der Waals surface area (Å²) in [6.07, 6.45) is 0.667. The van der Waals surface area contributed by atoms with Crippen LogP contribution in [0, 0.1) is 0 Å². The highest BCUT2D eigenvalue weighted by molar-refractivity contribution is 6.63. The van der Waals surface area contributed by atoms with Gasteiger partial charge in [0.1, 0.15) is 5.78 Å². The Morgan fingerprint density at radius 1 is 1.13 bits per heavy atom. The van der Waals surface area contributed by atoms with Gasteiger partial charge in [0, 0.05) is 13.3 Å². The molecule has 92 valence electrons. The Bertz CT molecular complexity index is 158. The van der Waals surface area contributed by atoms with E-state index >= 15 is 0 Å². The lowest BCUT2D eigenvalue weighted by Crippen LogP contribution is -1.95. The van der Waals surface area contributed by atoms with Gasteiger partial charge in [-0.2, -0.15) is 0 Å². The molecular weight excluding hydrogens is 262 g/mol. The first-order valence-electron chi connectivity index (χ1n) is 4.32. The van der Waals surface area contributed by atoms with Gasteiger partial charge >= 0.3 is 5.97 Å². The highest BCUT2D eigenvalue weighted by Gasteiger charge is 1.81. The van der Waals surface area contributed by atoms with Crippen LogP contribution in [0.1, 0.15) is 34.1 Å². The summed E-state index contributed by atoms with van der Waals surface area (Å²) >= 11 is 14.4. The average molecular weight is 280 g/mol. The number of carbonyl (C=O) groups excluding carboxylic acids is 2. The van der Waals surface area contributed by atoms with Crippen molar-refractivity contribution >= 4 is 46.6 Å². The summed E-state index contributed by atoms with van der Waals surface area (Å²) in [5.41, 5.74) is 0. The fourth-order valence-electron chi connectivity index (χ4n) is 0.203. The molecule has 0 N–H and O–H groups in total. The van der Waals surface area contributed by atoms with Crippen LogP contribution in [0.3, 0.4) is 0 Å². The highest BCUT2D eigenvalue weighted by Crippen LogP contribution is 2.03. The van der Waals surface area contributed by atoms with E-state index in [1.54, 1.807) is 13.8 Å². The van der Waals surface area contributed by atoms with Gasteiger partial charge in [-0.1, -0.05) is 41.7 Å². The molecule has 15 heavy (non-hydrogen) atoms. The number of hydrogen-bond donors (Lipinski definition) is 0. The van der Waals surface area contributed by atoms with Crippen LogP contribution in [0.2, 0.25) is 0 Å². The molecule has 0 heterocycles. The number of hydrogen-bond acceptors (Lipinski definition) is 3. The number of Topliss-reactive ketones (excluding diaryl/α,β-unsaturated/α-hetero) is 1. The lowest BCUT2D eigenvalue weighted by atomic mass is 10.4. The minimum absolute atomic E-state index is 0.211. The van der Waals surface area contributed by atoms with Crippen molar-refractivity contribution in [3.05, 3.63) is 0 Å². The molecule has 0 aromatic heterocycles. The molecule has 0 aliphatic rings. The molecular formula is C9H17Cl3O3. The molecule has 0 aromatic rings. The Morgan fingerprint density at radius 3 is 1.40 bits per heavy atom. The zero-order valence-electron chi connectivity index (χ0n) is 9.35. The van der Waals surface area contributed by atoms with E-state index in [0.29, 0.717) is 13.0 Å². The SMILES string of the molecule is CCC(C)=O.CCOC(C)=O.ClC(Cl)Cl. The second-order valence-electron chi connectivity index (χ2n) is 2.23. The maximum atomic E-state index is 9.82. The van der Waals surface area contributed by atoms with E-state index in [4.69, 9.17) is 34.8 Å². The smallest absolute Gasteiger partial charge is 0.302 e. The van der Waals surface area contributed by atoms with Crippen LogP contribution in [0.4, 0.5) is 0 Å². The number of halogens is 3. The number of rotatable bonds is 2. The van der Waals surface area contributed by atoms with Gasteiger partial charge in [0.2, 0.25) is 0 Å². The lowest BCUT2D eigenvalue weighted by Gasteiger charge is -1.89. The lowest BCUT2D eigenvalue weighted by molar-refractivity contribution is -0.140. The summed E-state index contributed by atoms with van der Waals surface area (Å²) < 4.78 is 3.65. The molecule has 0 aliphatic carbocycles. The summed E-state index contributed by atoms with van der Waals surface area (Å²) in [4.78, 5) is 19.6. The molecule has 0 saturated heterocycles. The van der Waals surface area contributed by atoms with Crippen molar-refractivity contribution in [2.45, 2.75) is 38.4 Å². The second-order valence-corrected chi connectivity index (χ2v) is 4.21. The third-order valence-corrected chi connectivity index (χ3v) is 0.845. The summed E-state index contributed by atoms with van der Waals surface area (Å²) in [7, 11) is 0. The molecule has 0 unspecified atom stereocenters. The Hall–Kier alpha value is 0.01000. The third kappa shape index (κ3) is 80.5. The normalized spacial score (nSPS) is 8.00. The molecule has 0 bridgehead atoms. The number of ether oxygens (including phenoxy) is 1. The van der Waals surface area contributed by atoms with Crippen LogP contribution in [0.5, 0.6) is 0 Å². The van der Waals surface area contributed by atoms with E-state index < -0.39 is 4.30 Å². The molecule has 0 radical (unpaired) electrons. The zero-order chi connectivity index (χ0) is 12.9. The van der Waals surface area contributed by atoms with E-state index in [1.807, 2.05) is 6.92 Å². The van der Waals surface area contributed by atoms with Gasteiger partial charge in [-0.25, -0.2) is 0 Å². The topological polar surface area (TPSA) is 43.4 Å². The molecule has 0 aliphatic heterocycles. The van der Waals surface area contributed by atoms with Crippen LogP contribution in [-0.4, -0.2) is 22.7 Å². The van der Waals surface area contributed by atoms with Crippen molar-refractivity contribution in [2.75, 3.05) is 6.61 Å². The molecule has 0 rings (SSSR count). The molecule has 3 nitrogen and oxygen atoms in total. The first-order chi connectivity index (χ1) is 6.77. The van der Waals surface area contributed by atoms with Crippen molar-refractivity contribution in [1.29, 1.82) is 0 Å². The summed E-state index contributed by atoms with van der Waals surface area (Å²) in [5.74, 6) is 0.0440. The number of carbonyl (C=O) groups is 2. The van der Waals surface area contributed by atoms with Crippen LogP contribution in [-0.2, 0) is 14.3 Å². The van der Waals surface area contributed by atoms with Crippen LogP contribution in [0.25, 0.3) is 0 Å². The maximum Gasteiger partial charge on any atom is 0.302 e. The first kappa shape index (κ1) is 20.4. The van der Waals surface area contributed by atoms with Crippen molar-refractivity contribution < 1.29 is 14.3 Å². The number of alkyl halides is 3. The molecule has 0 amide bonds. The molecule has 0 atom stereocenters. The molecule has 0 aromatic carbocycles. The van der Waals surface area contributed by atoms with Gasteiger partial charge in [-0.3, -0.25) is 4.79 Å². The van der Waals surface area contributed by atoms with Crippen molar-refractivity contribution in [2.24, 2.45) is 0 Å². The summed E-state index contributed by atoms with van der Waals surface area (Å²) in [6.45, 7) is 7.09. The van der Waals surface area contributed by atoms with Gasteiger partial charge in [0.25, 0.3) is 0 Å². The summed E-state index contributed by atoms with van der Waals surface area (Å²) in [6, 6.07) is 0. The van der Waals surface area contributed by atoms with Crippen molar-refractivity contribution in [3.8, 4) is 0 Å². The quantitative estimate of drug-likeness (QED) is 0.573. The Kier molecular flexibility index (Phi) is 22.4. The monoisotopic (exact) mass is 278 g/mol. The Labute approximate surface area is 106 Å². The van der Waals surface area contributed by atoms with Gasteiger partial charge in [0.15, 0.2) is 4.30 Å². The molecule has 0 saturated carbocycles. The second kappa shape index (κ2) is 16.4. The van der Waals surface area contributed by atoms with E-state index in [0.717, 1.165) is 0 Å². The van der Waals surface area contributed by atoms with Gasteiger partial charge < -0.3 is 9.53 Å². The predicted molar refractivity (Wildman–Crippen MR) is 64.6 cm³/mol. The average Bonchev–Trinajstić information content (AvgIpc) is 2.03. The van der Waals surface area contributed by atoms with Crippen LogP contribution >= 0.6 is 34.8 Å². The molecule has 0 fully saturated rings. The standard InChI is InChI=1S/C4H8O2.C4H8O.CHCl3/c1-3-6-4(2)5;1-3-4(2)5;2-1(3)4/h3H2,1-2H3;3H2,1-2H3;1H. The maximum absolute atomic E-state index is 9.82. The first-order valence-corrected chi connectivity index (χ1v) is 5.63. The number of esters is 1. The van der Waals surface area contributed by atoms with Gasteiger partial charge in [0.05, 0.1) is 6.61 Å². The Balaban J connectivity index is -0.000000147. The minimum Gasteiger partial charge on any atom is -0.466 e. The van der Waals surface area contributed by atoms with Crippen molar-refractivity contribution in [1.82, 2.24) is 0 Å². The molecule has 6 heteroatoms.